The maximum Gasteiger partial charge on any atom is 0.420 e. The van der Waals surface area contributed by atoms with Crippen LogP contribution in [-0.4, -0.2) is 15.6 Å². The number of fused-ring (bicyclic) bond motifs is 3. The van der Waals surface area contributed by atoms with Crippen LogP contribution in [0.2, 0.25) is 0 Å². The highest BCUT2D eigenvalue weighted by Crippen LogP contribution is 2.24. The van der Waals surface area contributed by atoms with E-state index in [1.807, 2.05) is 30.3 Å². The molecule has 5 nitrogen and oxygen atoms in total. The second-order valence-electron chi connectivity index (χ2n) is 3.98. The molecule has 0 aliphatic rings. The van der Waals surface area contributed by atoms with Gasteiger partial charge in [0.1, 0.15) is 6.54 Å². The van der Waals surface area contributed by atoms with Gasteiger partial charge < -0.3 is 9.52 Å². The molecule has 1 N–H and O–H groups in total. The van der Waals surface area contributed by atoms with Crippen molar-refractivity contribution in [2.24, 2.45) is 0 Å². The van der Waals surface area contributed by atoms with Gasteiger partial charge in [-0.05, 0) is 11.5 Å². The fraction of sp³-hybridized carbons (Fsp3) is 0.0769. The number of nitrogens with zero attached hydrogens (tertiary/aromatic N) is 1. The molecule has 3 rings (SSSR count). The van der Waals surface area contributed by atoms with Gasteiger partial charge >= 0.3 is 11.7 Å². The molecule has 0 bridgehead atoms. The lowest BCUT2D eigenvalue weighted by Crippen LogP contribution is -2.19. The van der Waals surface area contributed by atoms with Gasteiger partial charge in [-0.15, -0.1) is 0 Å². The van der Waals surface area contributed by atoms with Crippen molar-refractivity contribution in [3.8, 4) is 0 Å². The van der Waals surface area contributed by atoms with Crippen molar-refractivity contribution in [3.05, 3.63) is 46.9 Å². The Hall–Kier alpha value is -2.56. The zero-order chi connectivity index (χ0) is 12.7. The normalized spacial score (nSPS) is 11.1. The minimum Gasteiger partial charge on any atom is -0.480 e. The highest BCUT2D eigenvalue weighted by Gasteiger charge is 2.13. The smallest absolute Gasteiger partial charge is 0.420 e. The SMILES string of the molecule is O=C(O)Cn1c(=O)oc2c3ccccc3ccc21. The summed E-state index contributed by atoms with van der Waals surface area (Å²) in [6, 6.07) is 11.0. The fourth-order valence-corrected chi connectivity index (χ4v) is 2.08. The Labute approximate surface area is 101 Å². The molecular formula is C13H9NO4. The van der Waals surface area contributed by atoms with Crippen molar-refractivity contribution in [1.29, 1.82) is 0 Å². The van der Waals surface area contributed by atoms with Gasteiger partial charge in [0.05, 0.1) is 5.52 Å². The van der Waals surface area contributed by atoms with Crippen LogP contribution in [0.4, 0.5) is 0 Å². The van der Waals surface area contributed by atoms with Crippen LogP contribution in [0.5, 0.6) is 0 Å². The van der Waals surface area contributed by atoms with Crippen LogP contribution in [-0.2, 0) is 11.3 Å². The van der Waals surface area contributed by atoms with Crippen molar-refractivity contribution in [2.45, 2.75) is 6.54 Å². The minimum absolute atomic E-state index is 0.399. The number of carboxylic acids is 1. The number of hydrogen-bond donors (Lipinski definition) is 1. The molecule has 1 heterocycles. The van der Waals surface area contributed by atoms with Crippen molar-refractivity contribution in [1.82, 2.24) is 4.57 Å². The topological polar surface area (TPSA) is 72.4 Å². The summed E-state index contributed by atoms with van der Waals surface area (Å²) in [4.78, 5) is 22.4. The average Bonchev–Trinajstić information content (AvgIpc) is 2.66. The van der Waals surface area contributed by atoms with Gasteiger partial charge in [-0.25, -0.2) is 4.79 Å². The molecule has 0 saturated heterocycles. The van der Waals surface area contributed by atoms with Crippen molar-refractivity contribution in [3.63, 3.8) is 0 Å². The van der Waals surface area contributed by atoms with Gasteiger partial charge in [0.2, 0.25) is 0 Å². The van der Waals surface area contributed by atoms with Crippen LogP contribution >= 0.6 is 0 Å². The molecule has 90 valence electrons. The molecule has 0 amide bonds. The van der Waals surface area contributed by atoms with Gasteiger partial charge in [0.15, 0.2) is 5.58 Å². The third-order valence-electron chi connectivity index (χ3n) is 2.85. The number of oxazole rings is 1. The van der Waals surface area contributed by atoms with Crippen molar-refractivity contribution >= 4 is 27.8 Å². The molecule has 0 saturated carbocycles. The number of aliphatic carboxylic acids is 1. The molecule has 0 unspecified atom stereocenters. The molecular weight excluding hydrogens is 234 g/mol. The third-order valence-corrected chi connectivity index (χ3v) is 2.85. The fourth-order valence-electron chi connectivity index (χ4n) is 2.08. The second kappa shape index (κ2) is 3.73. The molecule has 0 aliphatic carbocycles. The molecule has 1 aromatic heterocycles. The quantitative estimate of drug-likeness (QED) is 0.745. The molecule has 0 spiro atoms. The predicted octanol–water partition coefficient (Wildman–Crippen LogP) is 1.83. The van der Waals surface area contributed by atoms with E-state index in [2.05, 4.69) is 0 Å². The Morgan fingerprint density at radius 2 is 2.00 bits per heavy atom. The molecule has 0 fully saturated rings. The largest absolute Gasteiger partial charge is 0.480 e. The second-order valence-corrected chi connectivity index (χ2v) is 3.98. The maximum atomic E-state index is 11.7. The van der Waals surface area contributed by atoms with Crippen LogP contribution in [0.3, 0.4) is 0 Å². The lowest BCUT2D eigenvalue weighted by Gasteiger charge is -1.99. The molecule has 0 radical (unpaired) electrons. The molecule has 5 heteroatoms. The predicted molar refractivity (Wildman–Crippen MR) is 65.6 cm³/mol. The minimum atomic E-state index is -1.08. The van der Waals surface area contributed by atoms with E-state index in [0.717, 1.165) is 15.3 Å². The van der Waals surface area contributed by atoms with Gasteiger partial charge in [0, 0.05) is 5.39 Å². The van der Waals surface area contributed by atoms with E-state index in [-0.39, 0.29) is 0 Å². The monoisotopic (exact) mass is 243 g/mol. The zero-order valence-electron chi connectivity index (χ0n) is 9.29. The number of aromatic nitrogens is 1. The highest BCUT2D eigenvalue weighted by molar-refractivity contribution is 6.03. The summed E-state index contributed by atoms with van der Waals surface area (Å²) in [5, 5.41) is 10.5. The summed E-state index contributed by atoms with van der Waals surface area (Å²) in [5.41, 5.74) is 0.931. The van der Waals surface area contributed by atoms with Crippen molar-refractivity contribution in [2.75, 3.05) is 0 Å². The van der Waals surface area contributed by atoms with E-state index in [4.69, 9.17) is 9.52 Å². The first kappa shape index (κ1) is 10.6. The van der Waals surface area contributed by atoms with Crippen LogP contribution in [0.25, 0.3) is 21.9 Å². The standard InChI is InChI=1S/C13H9NO4/c15-11(16)7-14-10-6-5-8-3-1-2-4-9(8)12(10)18-13(14)17/h1-6H,7H2,(H,15,16). The maximum absolute atomic E-state index is 11.7. The van der Waals surface area contributed by atoms with Crippen LogP contribution in [0.15, 0.2) is 45.6 Å². The van der Waals surface area contributed by atoms with E-state index < -0.39 is 18.3 Å². The first-order chi connectivity index (χ1) is 8.66. The van der Waals surface area contributed by atoms with Gasteiger partial charge in [-0.1, -0.05) is 30.3 Å². The van der Waals surface area contributed by atoms with Gasteiger partial charge in [-0.2, -0.15) is 0 Å². The third kappa shape index (κ3) is 1.48. The summed E-state index contributed by atoms with van der Waals surface area (Å²) < 4.78 is 6.27. The molecule has 0 aliphatic heterocycles. The Morgan fingerprint density at radius 1 is 1.22 bits per heavy atom. The summed E-state index contributed by atoms with van der Waals surface area (Å²) >= 11 is 0. The van der Waals surface area contributed by atoms with Gasteiger partial charge in [-0.3, -0.25) is 9.36 Å². The Balaban J connectivity index is 2.41. The highest BCUT2D eigenvalue weighted by atomic mass is 16.4. The van der Waals surface area contributed by atoms with E-state index in [0.29, 0.717) is 11.1 Å². The van der Waals surface area contributed by atoms with Crippen LogP contribution in [0, 0.1) is 0 Å². The summed E-state index contributed by atoms with van der Waals surface area (Å²) in [6.07, 6.45) is 0. The summed E-state index contributed by atoms with van der Waals surface area (Å²) in [6.45, 7) is -0.399. The number of benzene rings is 2. The van der Waals surface area contributed by atoms with E-state index >= 15 is 0 Å². The van der Waals surface area contributed by atoms with Crippen molar-refractivity contribution < 1.29 is 14.3 Å². The van der Waals surface area contributed by atoms with E-state index in [1.54, 1.807) is 6.07 Å². The number of carbonyl (C=O) groups is 1. The van der Waals surface area contributed by atoms with Gasteiger partial charge in [0.25, 0.3) is 0 Å². The Bertz CT molecular complexity index is 813. The zero-order valence-corrected chi connectivity index (χ0v) is 9.29. The van der Waals surface area contributed by atoms with Crippen LogP contribution in [0.1, 0.15) is 0 Å². The molecule has 2 aromatic carbocycles. The average molecular weight is 243 g/mol. The van der Waals surface area contributed by atoms with Crippen LogP contribution < -0.4 is 5.76 Å². The molecule has 0 atom stereocenters. The molecule has 18 heavy (non-hydrogen) atoms. The lowest BCUT2D eigenvalue weighted by molar-refractivity contribution is -0.137. The Kier molecular flexibility index (Phi) is 2.19. The first-order valence-corrected chi connectivity index (χ1v) is 5.40. The van der Waals surface area contributed by atoms with E-state index in [9.17, 15) is 9.59 Å². The summed E-state index contributed by atoms with van der Waals surface area (Å²) in [5.74, 6) is -1.73. The Morgan fingerprint density at radius 3 is 2.78 bits per heavy atom. The van der Waals surface area contributed by atoms with E-state index in [1.165, 1.54) is 0 Å². The number of hydrogen-bond acceptors (Lipinski definition) is 3. The summed E-state index contributed by atoms with van der Waals surface area (Å²) in [7, 11) is 0. The lowest BCUT2D eigenvalue weighted by atomic mass is 10.1. The number of rotatable bonds is 2. The number of carboxylic acid groups (broad SMARTS) is 1. The first-order valence-electron chi connectivity index (χ1n) is 5.40. The molecule has 3 aromatic rings.